The van der Waals surface area contributed by atoms with Crippen LogP contribution in [-0.4, -0.2) is 54.2 Å². The van der Waals surface area contributed by atoms with Gasteiger partial charge in [-0.25, -0.2) is 0 Å². The average molecular weight is 220 g/mol. The van der Waals surface area contributed by atoms with Crippen molar-refractivity contribution in [3.8, 4) is 0 Å². The van der Waals surface area contributed by atoms with E-state index in [1.807, 2.05) is 13.8 Å². The molecular formula is C9H20O4Si. The molecule has 1 unspecified atom stereocenters. The smallest absolute Gasteiger partial charge is 0.137 e. The Morgan fingerprint density at radius 1 is 1.36 bits per heavy atom. The number of ether oxygens (including phenoxy) is 4. The molecule has 1 saturated heterocycles. The molecule has 0 N–H and O–H groups in total. The fraction of sp³-hybridized carbons (Fsp3) is 1.00. The van der Waals surface area contributed by atoms with Crippen molar-refractivity contribution in [2.24, 2.45) is 0 Å². The van der Waals surface area contributed by atoms with Crippen LogP contribution >= 0.6 is 0 Å². The van der Waals surface area contributed by atoms with E-state index in [0.29, 0.717) is 19.3 Å². The standard InChI is InChI=1S/C9H20O4Si/c1-3-11-9(12-4-2)14-7-10-5-8-6-13-8/h8-9H,3-7,14H2,1-2H3. The summed E-state index contributed by atoms with van der Waals surface area (Å²) >= 11 is 0. The molecule has 0 aromatic carbocycles. The molecular weight excluding hydrogens is 200 g/mol. The van der Waals surface area contributed by atoms with Gasteiger partial charge in [-0.2, -0.15) is 0 Å². The average Bonchev–Trinajstić information content (AvgIpc) is 2.96. The van der Waals surface area contributed by atoms with E-state index in [2.05, 4.69) is 0 Å². The monoisotopic (exact) mass is 220 g/mol. The quantitative estimate of drug-likeness (QED) is 0.235. The fourth-order valence-electron chi connectivity index (χ4n) is 1.15. The van der Waals surface area contributed by atoms with Crippen molar-refractivity contribution in [1.29, 1.82) is 0 Å². The van der Waals surface area contributed by atoms with Gasteiger partial charge in [-0.1, -0.05) is 0 Å². The van der Waals surface area contributed by atoms with E-state index in [1.165, 1.54) is 0 Å². The van der Waals surface area contributed by atoms with Crippen LogP contribution in [0.3, 0.4) is 0 Å². The summed E-state index contributed by atoms with van der Waals surface area (Å²) in [5, 5.41) is 0. The molecule has 1 aliphatic heterocycles. The lowest BCUT2D eigenvalue weighted by Crippen LogP contribution is -2.28. The zero-order chi connectivity index (χ0) is 10.2. The number of epoxide rings is 1. The van der Waals surface area contributed by atoms with E-state index in [0.717, 1.165) is 19.4 Å². The Kier molecular flexibility index (Phi) is 6.38. The number of hydrogen-bond donors (Lipinski definition) is 0. The Hall–Kier alpha value is 0.0569. The van der Waals surface area contributed by atoms with E-state index in [9.17, 15) is 0 Å². The summed E-state index contributed by atoms with van der Waals surface area (Å²) in [5.41, 5.74) is 0. The predicted molar refractivity (Wildman–Crippen MR) is 56.1 cm³/mol. The van der Waals surface area contributed by atoms with Crippen LogP contribution in [0, 0.1) is 0 Å². The third-order valence-corrected chi connectivity index (χ3v) is 3.38. The molecule has 14 heavy (non-hydrogen) atoms. The molecule has 1 fully saturated rings. The highest BCUT2D eigenvalue weighted by atomic mass is 28.2. The van der Waals surface area contributed by atoms with Gasteiger partial charge in [0, 0.05) is 19.4 Å². The molecule has 1 aliphatic rings. The second-order valence-electron chi connectivity index (χ2n) is 3.16. The third-order valence-electron chi connectivity index (χ3n) is 1.91. The highest BCUT2D eigenvalue weighted by molar-refractivity contribution is 6.36. The van der Waals surface area contributed by atoms with Crippen LogP contribution in [0.1, 0.15) is 13.8 Å². The molecule has 4 nitrogen and oxygen atoms in total. The van der Waals surface area contributed by atoms with Crippen molar-refractivity contribution < 1.29 is 18.9 Å². The molecule has 1 heterocycles. The van der Waals surface area contributed by atoms with Gasteiger partial charge in [0.2, 0.25) is 0 Å². The summed E-state index contributed by atoms with van der Waals surface area (Å²) in [6.45, 7) is 6.99. The zero-order valence-electron chi connectivity index (χ0n) is 9.03. The largest absolute Gasteiger partial charge is 0.382 e. The number of hydrogen-bond acceptors (Lipinski definition) is 4. The fourth-order valence-corrected chi connectivity index (χ4v) is 2.48. The van der Waals surface area contributed by atoms with Crippen molar-refractivity contribution >= 4 is 9.52 Å². The first-order chi connectivity index (χ1) is 6.86. The Balaban J connectivity index is 1.93. The first kappa shape index (κ1) is 12.1. The summed E-state index contributed by atoms with van der Waals surface area (Å²) in [5.74, 6) is 0.0186. The van der Waals surface area contributed by atoms with E-state index in [-0.39, 0.29) is 5.91 Å². The van der Waals surface area contributed by atoms with E-state index in [1.54, 1.807) is 0 Å². The SMILES string of the molecule is CCOC(OCC)[SiH2]COCC1CO1. The van der Waals surface area contributed by atoms with Gasteiger partial charge in [-0.3, -0.25) is 0 Å². The second kappa shape index (κ2) is 7.36. The lowest BCUT2D eigenvalue weighted by Gasteiger charge is -2.16. The van der Waals surface area contributed by atoms with Crippen molar-refractivity contribution in [2.75, 3.05) is 32.7 Å². The maximum atomic E-state index is 5.46. The van der Waals surface area contributed by atoms with Crippen LogP contribution in [0.15, 0.2) is 0 Å². The summed E-state index contributed by atoms with van der Waals surface area (Å²) in [6, 6.07) is 0. The highest BCUT2D eigenvalue weighted by Gasteiger charge is 2.22. The van der Waals surface area contributed by atoms with Gasteiger partial charge in [-0.05, 0) is 13.8 Å². The van der Waals surface area contributed by atoms with Gasteiger partial charge in [0.25, 0.3) is 0 Å². The second-order valence-corrected chi connectivity index (χ2v) is 4.81. The van der Waals surface area contributed by atoms with Crippen LogP contribution < -0.4 is 0 Å². The molecule has 0 aromatic rings. The molecule has 0 radical (unpaired) electrons. The van der Waals surface area contributed by atoms with Crippen LogP contribution in [0.5, 0.6) is 0 Å². The van der Waals surface area contributed by atoms with Crippen LogP contribution in [0.25, 0.3) is 0 Å². The van der Waals surface area contributed by atoms with Gasteiger partial charge in [0.05, 0.1) is 13.2 Å². The normalized spacial score (nSPS) is 21.2. The zero-order valence-corrected chi connectivity index (χ0v) is 10.4. The maximum Gasteiger partial charge on any atom is 0.137 e. The summed E-state index contributed by atoms with van der Waals surface area (Å²) in [6.07, 6.45) is 1.17. The minimum absolute atomic E-state index is 0.0186. The molecule has 5 heteroatoms. The molecule has 1 rings (SSSR count). The third kappa shape index (κ3) is 5.72. The summed E-state index contributed by atoms with van der Waals surface area (Å²) in [4.78, 5) is 0. The first-order valence-electron chi connectivity index (χ1n) is 5.29. The first-order valence-corrected chi connectivity index (χ1v) is 7.11. The molecule has 0 amide bonds. The van der Waals surface area contributed by atoms with Gasteiger partial charge < -0.3 is 18.9 Å². The Morgan fingerprint density at radius 2 is 2.00 bits per heavy atom. The Bertz CT molecular complexity index is 135. The maximum absolute atomic E-state index is 5.46. The van der Waals surface area contributed by atoms with Gasteiger partial charge in [0.15, 0.2) is 0 Å². The lowest BCUT2D eigenvalue weighted by atomic mass is 10.5. The highest BCUT2D eigenvalue weighted by Crippen LogP contribution is 2.08. The number of rotatable bonds is 9. The lowest BCUT2D eigenvalue weighted by molar-refractivity contribution is -0.0844. The molecule has 0 saturated carbocycles. The van der Waals surface area contributed by atoms with E-state index >= 15 is 0 Å². The predicted octanol–water partition coefficient (Wildman–Crippen LogP) is -0.115. The van der Waals surface area contributed by atoms with E-state index < -0.39 is 9.52 Å². The topological polar surface area (TPSA) is 40.2 Å². The molecule has 1 atom stereocenters. The van der Waals surface area contributed by atoms with Gasteiger partial charge in [0.1, 0.15) is 21.5 Å². The summed E-state index contributed by atoms with van der Waals surface area (Å²) in [7, 11) is -0.434. The Morgan fingerprint density at radius 3 is 2.50 bits per heavy atom. The van der Waals surface area contributed by atoms with Crippen molar-refractivity contribution in [3.05, 3.63) is 0 Å². The summed E-state index contributed by atoms with van der Waals surface area (Å²) < 4.78 is 21.4. The minimum Gasteiger partial charge on any atom is -0.382 e. The van der Waals surface area contributed by atoms with Crippen molar-refractivity contribution in [3.63, 3.8) is 0 Å². The molecule has 0 aliphatic carbocycles. The van der Waals surface area contributed by atoms with Crippen molar-refractivity contribution in [1.82, 2.24) is 0 Å². The molecule has 0 bridgehead atoms. The van der Waals surface area contributed by atoms with Gasteiger partial charge in [-0.15, -0.1) is 0 Å². The van der Waals surface area contributed by atoms with E-state index in [4.69, 9.17) is 18.9 Å². The van der Waals surface area contributed by atoms with Crippen LogP contribution in [0.2, 0.25) is 0 Å². The minimum atomic E-state index is -0.434. The molecule has 84 valence electrons. The Labute approximate surface area is 87.7 Å². The van der Waals surface area contributed by atoms with Crippen LogP contribution in [0.4, 0.5) is 0 Å². The van der Waals surface area contributed by atoms with Crippen LogP contribution in [-0.2, 0) is 18.9 Å². The molecule has 0 aromatic heterocycles. The van der Waals surface area contributed by atoms with Crippen molar-refractivity contribution in [2.45, 2.75) is 25.9 Å². The van der Waals surface area contributed by atoms with Gasteiger partial charge >= 0.3 is 0 Å². The molecule has 0 spiro atoms.